The Balaban J connectivity index is 1.31. The summed E-state index contributed by atoms with van der Waals surface area (Å²) in [6.07, 6.45) is 14.9. The number of aryl methyl sites for hydroxylation is 1. The molecule has 0 aromatic heterocycles. The van der Waals surface area contributed by atoms with Crippen LogP contribution in [-0.2, 0) is 9.59 Å². The number of hydrogen-bond donors (Lipinski definition) is 0. The van der Waals surface area contributed by atoms with E-state index in [0.717, 1.165) is 36.8 Å². The number of hydrogen-bond acceptors (Lipinski definition) is 3. The van der Waals surface area contributed by atoms with Crippen LogP contribution in [0.25, 0.3) is 5.57 Å². The molecule has 0 radical (unpaired) electrons. The Morgan fingerprint density at radius 3 is 2.74 bits per heavy atom. The second-order valence-electron chi connectivity index (χ2n) is 12.1. The monoisotopic (exact) mass is 456 g/mol. The lowest BCUT2D eigenvalue weighted by atomic mass is 9.47. The van der Waals surface area contributed by atoms with Crippen molar-refractivity contribution >= 4 is 17.3 Å². The lowest BCUT2D eigenvalue weighted by molar-refractivity contribution is -0.127. The van der Waals surface area contributed by atoms with Crippen LogP contribution in [0.2, 0.25) is 0 Å². The van der Waals surface area contributed by atoms with E-state index in [-0.39, 0.29) is 22.7 Å². The van der Waals surface area contributed by atoms with E-state index in [1.54, 1.807) is 0 Å². The summed E-state index contributed by atoms with van der Waals surface area (Å²) in [4.78, 5) is 25.0. The van der Waals surface area contributed by atoms with Crippen molar-refractivity contribution in [2.24, 2.45) is 34.5 Å². The highest BCUT2D eigenvalue weighted by atomic mass is 16.5. The topological polar surface area (TPSA) is 43.4 Å². The molecule has 3 heteroatoms. The van der Waals surface area contributed by atoms with Gasteiger partial charge in [0.2, 0.25) is 0 Å². The average Bonchev–Trinajstić information content (AvgIpc) is 3.30. The molecule has 34 heavy (non-hydrogen) atoms. The number of fused-ring (bicyclic) bond motifs is 6. The van der Waals surface area contributed by atoms with Crippen LogP contribution in [0.3, 0.4) is 0 Å². The molecule has 0 unspecified atom stereocenters. The first-order valence-corrected chi connectivity index (χ1v) is 13.2. The molecule has 0 saturated heterocycles. The standard InChI is InChI=1S/C31H36O3/c1-18-5-10-28-23(15-18)24(29(33)34-28)17-20-11-13-30(3)21(16-20)6-7-22-26-9-8-25(19(2)32)31(26,4)14-12-27(22)30/h5-6,10,15-17,22,25-27H,7-9,11-14H2,1-4H3/b24-17-/t22-,25+,26-,27-,30-,31+/m0/s1. The molecular weight excluding hydrogens is 420 g/mol. The Labute approximate surface area is 203 Å². The van der Waals surface area contributed by atoms with Gasteiger partial charge in [-0.2, -0.15) is 0 Å². The molecule has 2 fully saturated rings. The van der Waals surface area contributed by atoms with Crippen LogP contribution in [0, 0.1) is 41.4 Å². The van der Waals surface area contributed by atoms with Crippen LogP contribution in [-0.4, -0.2) is 11.8 Å². The van der Waals surface area contributed by atoms with E-state index >= 15 is 0 Å². The number of esters is 1. The number of Topliss-reactive ketones (excluding diaryl/α,β-unsaturated/α-hetero) is 1. The highest BCUT2D eigenvalue weighted by Crippen LogP contribution is 2.66. The van der Waals surface area contributed by atoms with Gasteiger partial charge in [-0.25, -0.2) is 4.79 Å². The Morgan fingerprint density at radius 1 is 1.12 bits per heavy atom. The summed E-state index contributed by atoms with van der Waals surface area (Å²) in [5.74, 6) is 3.18. The van der Waals surface area contributed by atoms with E-state index < -0.39 is 0 Å². The Hall–Kier alpha value is -2.42. The summed E-state index contributed by atoms with van der Waals surface area (Å²) in [6, 6.07) is 5.94. The fraction of sp³-hybridized carbons (Fsp3) is 0.548. The number of allylic oxidation sites excluding steroid dienone is 5. The Bertz CT molecular complexity index is 1180. The minimum Gasteiger partial charge on any atom is -0.422 e. The normalized spacial score (nSPS) is 39.4. The van der Waals surface area contributed by atoms with Crippen molar-refractivity contribution in [3.63, 3.8) is 0 Å². The molecule has 0 spiro atoms. The fourth-order valence-electron chi connectivity index (χ4n) is 8.66. The number of benzene rings is 1. The van der Waals surface area contributed by atoms with Gasteiger partial charge in [-0.3, -0.25) is 4.79 Å². The highest BCUT2D eigenvalue weighted by molar-refractivity contribution is 6.22. The van der Waals surface area contributed by atoms with E-state index in [1.807, 2.05) is 26.0 Å². The lowest BCUT2D eigenvalue weighted by Gasteiger charge is -2.57. The van der Waals surface area contributed by atoms with Gasteiger partial charge >= 0.3 is 5.97 Å². The van der Waals surface area contributed by atoms with Crippen molar-refractivity contribution < 1.29 is 14.3 Å². The summed E-state index contributed by atoms with van der Waals surface area (Å²) in [5.41, 5.74) is 5.85. The summed E-state index contributed by atoms with van der Waals surface area (Å²) < 4.78 is 5.52. The van der Waals surface area contributed by atoms with Gasteiger partial charge in [-0.05, 0) is 117 Å². The van der Waals surface area contributed by atoms with Crippen LogP contribution in [0.1, 0.15) is 76.8 Å². The molecular formula is C31H36O3. The quantitative estimate of drug-likeness (QED) is 0.273. The summed E-state index contributed by atoms with van der Waals surface area (Å²) in [5, 5.41) is 0. The second-order valence-corrected chi connectivity index (χ2v) is 12.1. The number of carbonyl (C=O) groups excluding carboxylic acids is 2. The van der Waals surface area contributed by atoms with Gasteiger partial charge in [0.15, 0.2) is 0 Å². The van der Waals surface area contributed by atoms with E-state index in [0.29, 0.717) is 34.9 Å². The molecule has 1 aromatic rings. The van der Waals surface area contributed by atoms with Gasteiger partial charge in [0, 0.05) is 11.5 Å². The van der Waals surface area contributed by atoms with Crippen LogP contribution in [0.4, 0.5) is 0 Å². The third kappa shape index (κ3) is 3.08. The van der Waals surface area contributed by atoms with Crippen LogP contribution < -0.4 is 4.74 Å². The number of ketones is 1. The van der Waals surface area contributed by atoms with Gasteiger partial charge < -0.3 is 4.74 Å². The second kappa shape index (κ2) is 7.54. The molecule has 4 aliphatic carbocycles. The van der Waals surface area contributed by atoms with E-state index in [9.17, 15) is 9.59 Å². The van der Waals surface area contributed by atoms with Gasteiger partial charge in [-0.15, -0.1) is 0 Å². The van der Waals surface area contributed by atoms with Crippen molar-refractivity contribution in [1.29, 1.82) is 0 Å². The van der Waals surface area contributed by atoms with E-state index in [2.05, 4.69) is 38.1 Å². The lowest BCUT2D eigenvalue weighted by Crippen LogP contribution is -2.49. The minimum atomic E-state index is -0.236. The molecule has 1 aromatic carbocycles. The molecule has 0 N–H and O–H groups in total. The molecule has 5 aliphatic rings. The summed E-state index contributed by atoms with van der Waals surface area (Å²) >= 11 is 0. The molecule has 2 saturated carbocycles. The van der Waals surface area contributed by atoms with Crippen LogP contribution in [0.15, 0.2) is 47.6 Å². The summed E-state index contributed by atoms with van der Waals surface area (Å²) in [6.45, 7) is 8.76. The first-order valence-electron chi connectivity index (χ1n) is 13.2. The molecule has 0 amide bonds. The first kappa shape index (κ1) is 22.1. The van der Waals surface area contributed by atoms with Crippen molar-refractivity contribution in [1.82, 2.24) is 0 Å². The fourth-order valence-corrected chi connectivity index (χ4v) is 8.66. The minimum absolute atomic E-state index is 0.198. The molecule has 1 aliphatic heterocycles. The zero-order valence-electron chi connectivity index (χ0n) is 20.9. The zero-order chi connectivity index (χ0) is 23.8. The molecule has 3 nitrogen and oxygen atoms in total. The van der Waals surface area contributed by atoms with Gasteiger partial charge in [0.1, 0.15) is 11.5 Å². The number of ether oxygens (including phenoxy) is 1. The first-order chi connectivity index (χ1) is 16.2. The predicted molar refractivity (Wildman–Crippen MR) is 134 cm³/mol. The third-order valence-corrected chi connectivity index (χ3v) is 10.5. The molecule has 6 rings (SSSR count). The average molecular weight is 457 g/mol. The SMILES string of the molecule is CC(=O)[C@H]1CC[C@H]2[C@@H]3CC=C4C=C(/C=C5\C(=O)Oc6ccc(C)cc65)CC[C@]4(C)[C@H]3CC[C@]12C. The highest BCUT2D eigenvalue weighted by Gasteiger charge is 2.58. The van der Waals surface area contributed by atoms with Crippen LogP contribution >= 0.6 is 0 Å². The van der Waals surface area contributed by atoms with E-state index in [4.69, 9.17) is 4.74 Å². The van der Waals surface area contributed by atoms with Gasteiger partial charge in [0.25, 0.3) is 0 Å². The van der Waals surface area contributed by atoms with Crippen molar-refractivity contribution in [2.45, 2.75) is 72.6 Å². The maximum absolute atomic E-state index is 12.6. The van der Waals surface area contributed by atoms with Crippen molar-refractivity contribution in [2.75, 3.05) is 0 Å². The third-order valence-electron chi connectivity index (χ3n) is 10.5. The Morgan fingerprint density at radius 2 is 1.94 bits per heavy atom. The largest absolute Gasteiger partial charge is 0.422 e. The molecule has 1 heterocycles. The Kier molecular flexibility index (Phi) is 4.89. The van der Waals surface area contributed by atoms with Crippen LogP contribution in [0.5, 0.6) is 5.75 Å². The van der Waals surface area contributed by atoms with Gasteiger partial charge in [0.05, 0.1) is 5.57 Å². The molecule has 0 bridgehead atoms. The number of rotatable bonds is 2. The smallest absolute Gasteiger partial charge is 0.344 e. The van der Waals surface area contributed by atoms with Crippen molar-refractivity contribution in [3.8, 4) is 5.75 Å². The summed E-state index contributed by atoms with van der Waals surface area (Å²) in [7, 11) is 0. The molecule has 178 valence electrons. The predicted octanol–water partition coefficient (Wildman–Crippen LogP) is 7.00. The molecule has 6 atom stereocenters. The van der Waals surface area contributed by atoms with Gasteiger partial charge in [-0.1, -0.05) is 37.6 Å². The number of carbonyl (C=O) groups is 2. The van der Waals surface area contributed by atoms with E-state index in [1.165, 1.54) is 30.4 Å². The zero-order valence-corrected chi connectivity index (χ0v) is 20.9. The van der Waals surface area contributed by atoms with Crippen molar-refractivity contribution in [3.05, 3.63) is 58.7 Å². The maximum Gasteiger partial charge on any atom is 0.344 e. The maximum atomic E-state index is 12.6.